The van der Waals surface area contributed by atoms with Gasteiger partial charge in [0.25, 0.3) is 0 Å². The van der Waals surface area contributed by atoms with E-state index in [1.54, 1.807) is 0 Å². The fourth-order valence-electron chi connectivity index (χ4n) is 6.55. The molecule has 3 nitrogen and oxygen atoms in total. The molecular weight excluding hydrogens is 288 g/mol. The van der Waals surface area contributed by atoms with E-state index < -0.39 is 23.4 Å². The van der Waals surface area contributed by atoms with Gasteiger partial charge < -0.3 is 14.9 Å². The van der Waals surface area contributed by atoms with Crippen LogP contribution in [0.4, 0.5) is 0 Å². The maximum atomic E-state index is 11.1. The Hall–Kier alpha value is -0.120. The van der Waals surface area contributed by atoms with Crippen molar-refractivity contribution >= 4 is 0 Å². The van der Waals surface area contributed by atoms with Crippen molar-refractivity contribution in [1.82, 2.24) is 0 Å². The van der Waals surface area contributed by atoms with E-state index in [1.165, 1.54) is 19.3 Å². The smallest absolute Gasteiger partial charge is 0.0954 e. The van der Waals surface area contributed by atoms with Gasteiger partial charge >= 0.3 is 0 Å². The van der Waals surface area contributed by atoms with Crippen molar-refractivity contribution in [3.8, 4) is 0 Å². The molecule has 134 valence electrons. The molecule has 1 saturated heterocycles. The number of aliphatic hydroxyl groups excluding tert-OH is 2. The molecule has 0 unspecified atom stereocenters. The van der Waals surface area contributed by atoms with E-state index in [9.17, 15) is 10.2 Å². The highest BCUT2D eigenvalue weighted by molar-refractivity contribution is 5.14. The first-order valence-corrected chi connectivity index (χ1v) is 9.52. The minimum Gasteiger partial charge on any atom is -0.390 e. The lowest BCUT2D eigenvalue weighted by molar-refractivity contribution is -0.314. The quantitative estimate of drug-likeness (QED) is 0.769. The van der Waals surface area contributed by atoms with E-state index in [1.807, 2.05) is 13.8 Å². The Labute approximate surface area is 141 Å². The predicted molar refractivity (Wildman–Crippen MR) is 92.2 cm³/mol. The van der Waals surface area contributed by atoms with E-state index in [2.05, 4.69) is 27.7 Å². The van der Waals surface area contributed by atoms with Crippen LogP contribution in [-0.2, 0) is 4.74 Å². The third-order valence-electron chi connectivity index (χ3n) is 8.15. The van der Waals surface area contributed by atoms with Crippen LogP contribution in [0.5, 0.6) is 0 Å². The second-order valence-electron chi connectivity index (χ2n) is 10.0. The summed E-state index contributed by atoms with van der Waals surface area (Å²) in [6.07, 6.45) is 5.56. The number of hydrogen-bond acceptors (Lipinski definition) is 3. The fourth-order valence-corrected chi connectivity index (χ4v) is 6.55. The van der Waals surface area contributed by atoms with Gasteiger partial charge in [-0.1, -0.05) is 27.2 Å². The van der Waals surface area contributed by atoms with Crippen molar-refractivity contribution in [2.24, 2.45) is 22.7 Å². The Balaban J connectivity index is 1.99. The Morgan fingerprint density at radius 2 is 1.65 bits per heavy atom. The van der Waals surface area contributed by atoms with Crippen LogP contribution < -0.4 is 0 Å². The zero-order valence-corrected chi connectivity index (χ0v) is 15.9. The maximum Gasteiger partial charge on any atom is 0.0954 e. The molecule has 2 N–H and O–H groups in total. The lowest BCUT2D eigenvalue weighted by atomic mass is 9.43. The Morgan fingerprint density at radius 1 is 1.00 bits per heavy atom. The summed E-state index contributed by atoms with van der Waals surface area (Å²) in [4.78, 5) is 0. The lowest BCUT2D eigenvalue weighted by Gasteiger charge is -2.66. The summed E-state index contributed by atoms with van der Waals surface area (Å²) >= 11 is 0. The summed E-state index contributed by atoms with van der Waals surface area (Å²) < 4.78 is 6.52. The molecule has 0 spiro atoms. The third kappa shape index (κ3) is 2.41. The van der Waals surface area contributed by atoms with Gasteiger partial charge in [-0.15, -0.1) is 0 Å². The van der Waals surface area contributed by atoms with Gasteiger partial charge in [0.05, 0.1) is 23.4 Å². The molecule has 2 aliphatic carbocycles. The first kappa shape index (κ1) is 17.7. The molecule has 3 rings (SSSR count). The van der Waals surface area contributed by atoms with E-state index >= 15 is 0 Å². The normalized spacial score (nSPS) is 54.0. The molecule has 1 aliphatic heterocycles. The number of rotatable bonds is 1. The van der Waals surface area contributed by atoms with Gasteiger partial charge in [-0.3, -0.25) is 0 Å². The highest BCUT2D eigenvalue weighted by Crippen LogP contribution is 2.65. The molecule has 3 aliphatic rings. The second-order valence-corrected chi connectivity index (χ2v) is 10.0. The van der Waals surface area contributed by atoms with E-state index in [0.717, 1.165) is 19.3 Å². The van der Waals surface area contributed by atoms with E-state index in [4.69, 9.17) is 4.74 Å². The average molecular weight is 325 g/mol. The van der Waals surface area contributed by atoms with Crippen LogP contribution in [0, 0.1) is 22.7 Å². The first-order valence-electron chi connectivity index (χ1n) is 9.52. The predicted octanol–water partition coefficient (Wildman–Crippen LogP) is 3.91. The summed E-state index contributed by atoms with van der Waals surface area (Å²) in [7, 11) is 0. The van der Waals surface area contributed by atoms with Crippen molar-refractivity contribution < 1.29 is 14.9 Å². The standard InChI is InChI=1S/C20H36O3/c1-13(21)19(5)11-8-14-18(4)10-7-9-17(2,3)15(18)12-16(22)20(14,6)23-19/h13-16,21-22H,7-12H2,1-6H3/t13-,14-,15+,16+,18-,19-,20+/m1/s1. The first-order chi connectivity index (χ1) is 10.5. The van der Waals surface area contributed by atoms with Crippen molar-refractivity contribution in [1.29, 1.82) is 0 Å². The van der Waals surface area contributed by atoms with E-state index in [0.29, 0.717) is 17.3 Å². The van der Waals surface area contributed by atoms with Crippen LogP contribution in [0.3, 0.4) is 0 Å². The summed E-state index contributed by atoms with van der Waals surface area (Å²) in [5, 5.41) is 21.3. The summed E-state index contributed by atoms with van der Waals surface area (Å²) in [5.74, 6) is 0.923. The molecular formula is C20H36O3. The average Bonchev–Trinajstić information content (AvgIpc) is 2.41. The van der Waals surface area contributed by atoms with Gasteiger partial charge in [-0.2, -0.15) is 0 Å². The molecule has 0 aromatic heterocycles. The Kier molecular flexibility index (Phi) is 3.99. The summed E-state index contributed by atoms with van der Waals surface area (Å²) in [6.45, 7) is 13.1. The topological polar surface area (TPSA) is 49.7 Å². The fraction of sp³-hybridized carbons (Fsp3) is 1.00. The van der Waals surface area contributed by atoms with Crippen molar-refractivity contribution in [3.63, 3.8) is 0 Å². The zero-order valence-electron chi connectivity index (χ0n) is 15.9. The molecule has 0 bridgehead atoms. The molecule has 2 saturated carbocycles. The highest BCUT2D eigenvalue weighted by atomic mass is 16.5. The lowest BCUT2D eigenvalue weighted by Crippen LogP contribution is -2.69. The number of fused-ring (bicyclic) bond motifs is 3. The van der Waals surface area contributed by atoms with Crippen LogP contribution in [0.15, 0.2) is 0 Å². The van der Waals surface area contributed by atoms with Crippen molar-refractivity contribution in [2.45, 2.75) is 103 Å². The minimum atomic E-state index is -0.542. The van der Waals surface area contributed by atoms with Crippen LogP contribution in [-0.4, -0.2) is 33.6 Å². The van der Waals surface area contributed by atoms with Gasteiger partial charge in [0.1, 0.15) is 0 Å². The number of ether oxygens (including phenoxy) is 1. The van der Waals surface area contributed by atoms with Crippen LogP contribution in [0.2, 0.25) is 0 Å². The van der Waals surface area contributed by atoms with Gasteiger partial charge in [0, 0.05) is 0 Å². The molecule has 3 heteroatoms. The Morgan fingerprint density at radius 3 is 2.26 bits per heavy atom. The van der Waals surface area contributed by atoms with E-state index in [-0.39, 0.29) is 5.41 Å². The van der Waals surface area contributed by atoms with Crippen molar-refractivity contribution in [3.05, 3.63) is 0 Å². The summed E-state index contributed by atoms with van der Waals surface area (Å²) in [6, 6.07) is 0. The molecule has 7 atom stereocenters. The molecule has 0 aromatic carbocycles. The highest BCUT2D eigenvalue weighted by Gasteiger charge is 2.65. The summed E-state index contributed by atoms with van der Waals surface area (Å²) in [5.41, 5.74) is -0.557. The SMILES string of the molecule is C[C@@H](O)[C@@]1(C)CC[C@@H]2[C@@]3(C)CCCC(C)(C)[C@@H]3C[C@H](O)[C@@]2(C)O1. The molecule has 0 amide bonds. The number of hydrogen-bond donors (Lipinski definition) is 2. The Bertz CT molecular complexity index is 474. The zero-order chi connectivity index (χ0) is 17.3. The molecule has 23 heavy (non-hydrogen) atoms. The number of aliphatic hydroxyl groups is 2. The van der Waals surface area contributed by atoms with Gasteiger partial charge in [-0.05, 0) is 75.5 Å². The molecule has 0 radical (unpaired) electrons. The molecule has 3 fully saturated rings. The van der Waals surface area contributed by atoms with Gasteiger partial charge in [0.2, 0.25) is 0 Å². The molecule has 0 aromatic rings. The third-order valence-corrected chi connectivity index (χ3v) is 8.15. The minimum absolute atomic E-state index is 0.232. The maximum absolute atomic E-state index is 11.1. The van der Waals surface area contributed by atoms with Crippen LogP contribution in [0.1, 0.15) is 80.1 Å². The monoisotopic (exact) mass is 324 g/mol. The van der Waals surface area contributed by atoms with Crippen LogP contribution >= 0.6 is 0 Å². The second kappa shape index (κ2) is 5.19. The largest absolute Gasteiger partial charge is 0.390 e. The van der Waals surface area contributed by atoms with Gasteiger partial charge in [-0.25, -0.2) is 0 Å². The molecule has 1 heterocycles. The van der Waals surface area contributed by atoms with Gasteiger partial charge in [0.15, 0.2) is 0 Å². The van der Waals surface area contributed by atoms with Crippen molar-refractivity contribution in [2.75, 3.05) is 0 Å². The van der Waals surface area contributed by atoms with Crippen LogP contribution in [0.25, 0.3) is 0 Å².